The summed E-state index contributed by atoms with van der Waals surface area (Å²) >= 11 is 0. The summed E-state index contributed by atoms with van der Waals surface area (Å²) in [5.74, 6) is 0.0820. The number of hydrogen-bond acceptors (Lipinski definition) is 8. The van der Waals surface area contributed by atoms with Gasteiger partial charge in [-0.2, -0.15) is 0 Å². The zero-order valence-electron chi connectivity index (χ0n) is 38.1. The van der Waals surface area contributed by atoms with Crippen LogP contribution < -0.4 is 0 Å². The van der Waals surface area contributed by atoms with Crippen molar-refractivity contribution in [1.29, 1.82) is 0 Å². The summed E-state index contributed by atoms with van der Waals surface area (Å²) < 4.78 is 0. The molecule has 0 saturated heterocycles. The molecular weight excluding hydrogens is 837 g/mol. The fourth-order valence-electron chi connectivity index (χ4n) is 9.38. The largest absolute Gasteiger partial charge is 0.508 e. The van der Waals surface area contributed by atoms with Crippen molar-refractivity contribution in [3.63, 3.8) is 0 Å². The van der Waals surface area contributed by atoms with Gasteiger partial charge in [0.2, 0.25) is 0 Å². The zero-order valence-corrected chi connectivity index (χ0v) is 38.1. The first kappa shape index (κ1) is 45.7. The van der Waals surface area contributed by atoms with Crippen LogP contribution in [-0.2, 0) is 32.1 Å². The van der Waals surface area contributed by atoms with Gasteiger partial charge in [-0.25, -0.2) is 0 Å². The number of rotatable bonds is 14. The average Bonchev–Trinajstić information content (AvgIpc) is 3.33. The summed E-state index contributed by atoms with van der Waals surface area (Å²) in [6, 6.07) is 43.5. The van der Waals surface area contributed by atoms with Crippen molar-refractivity contribution < 1.29 is 40.9 Å². The van der Waals surface area contributed by atoms with Gasteiger partial charge in [-0.1, -0.05) is 100 Å². The molecular formula is C59H56O8. The van der Waals surface area contributed by atoms with E-state index in [-0.39, 0.29) is 57.8 Å². The van der Waals surface area contributed by atoms with Gasteiger partial charge >= 0.3 is 0 Å². The predicted molar refractivity (Wildman–Crippen MR) is 265 cm³/mol. The topological polar surface area (TPSA) is 162 Å². The second-order valence-electron chi connectivity index (χ2n) is 17.3. The molecule has 340 valence electrons. The molecule has 0 radical (unpaired) electrons. The van der Waals surface area contributed by atoms with Crippen molar-refractivity contribution >= 4 is 0 Å². The van der Waals surface area contributed by atoms with E-state index in [1.807, 2.05) is 125 Å². The number of benzene rings is 8. The summed E-state index contributed by atoms with van der Waals surface area (Å²) in [5, 5.41) is 87.9. The standard InChI is InChI=1S/C59H56O8/c1-5-36-28-40(11-19-50(36)60)58(41-12-20-51(61)37(6-2)29-41)44-15-23-56(66)48(32-44)46-26-34(9-17-54(46)64)25-35-10-18-55(65)47(27-35)49-33-45(16-24-57(49)67)59(42-13-21-52(62)38(7-3)30-42)43-14-22-53(63)39(8-4)31-43/h9-24,26-33,58-67H,5-8,25H2,1-4H3. The van der Waals surface area contributed by atoms with Gasteiger partial charge in [0.25, 0.3) is 0 Å². The van der Waals surface area contributed by atoms with E-state index in [2.05, 4.69) is 0 Å². The van der Waals surface area contributed by atoms with E-state index in [1.54, 1.807) is 48.5 Å². The minimum atomic E-state index is -0.341. The molecule has 8 heteroatoms. The molecule has 0 bridgehead atoms. The number of phenols is 8. The predicted octanol–water partition coefficient (Wildman–Crippen LogP) is 12.9. The van der Waals surface area contributed by atoms with Crippen LogP contribution in [0, 0.1) is 0 Å². The Kier molecular flexibility index (Phi) is 13.2. The molecule has 0 aliphatic rings. The number of phenolic OH excluding ortho intramolecular Hbond substituents is 8. The van der Waals surface area contributed by atoms with Crippen LogP contribution in [0.2, 0.25) is 0 Å². The van der Waals surface area contributed by atoms with Crippen molar-refractivity contribution in [1.82, 2.24) is 0 Å². The third kappa shape index (κ3) is 9.34. The molecule has 0 heterocycles. The van der Waals surface area contributed by atoms with Crippen molar-refractivity contribution in [2.45, 2.75) is 71.6 Å². The lowest BCUT2D eigenvalue weighted by molar-refractivity contribution is 0.467. The normalized spacial score (nSPS) is 11.4. The van der Waals surface area contributed by atoms with Crippen molar-refractivity contribution in [3.8, 4) is 68.2 Å². The van der Waals surface area contributed by atoms with Crippen LogP contribution in [-0.4, -0.2) is 40.9 Å². The quantitative estimate of drug-likeness (QED) is 0.0501. The van der Waals surface area contributed by atoms with Gasteiger partial charge in [0.1, 0.15) is 46.0 Å². The van der Waals surface area contributed by atoms with Gasteiger partial charge in [-0.05, 0) is 172 Å². The highest BCUT2D eigenvalue weighted by Crippen LogP contribution is 2.45. The molecule has 0 spiro atoms. The summed E-state index contributed by atoms with van der Waals surface area (Å²) in [6.07, 6.45) is 2.89. The second-order valence-corrected chi connectivity index (χ2v) is 17.3. The van der Waals surface area contributed by atoms with Crippen molar-refractivity contribution in [3.05, 3.63) is 212 Å². The Morgan fingerprint density at radius 1 is 0.269 bits per heavy atom. The Morgan fingerprint density at radius 3 is 0.761 bits per heavy atom. The number of hydrogen-bond donors (Lipinski definition) is 8. The van der Waals surface area contributed by atoms with Crippen LogP contribution in [0.15, 0.2) is 146 Å². The first-order chi connectivity index (χ1) is 32.3. The smallest absolute Gasteiger partial charge is 0.123 e. The maximum Gasteiger partial charge on any atom is 0.123 e. The molecule has 8 N–H and O–H groups in total. The molecule has 8 aromatic rings. The Bertz CT molecular complexity index is 2800. The van der Waals surface area contributed by atoms with Gasteiger partial charge in [0.05, 0.1) is 0 Å². The minimum Gasteiger partial charge on any atom is -0.508 e. The first-order valence-electron chi connectivity index (χ1n) is 22.9. The zero-order chi connectivity index (χ0) is 47.5. The van der Waals surface area contributed by atoms with Gasteiger partial charge in [0, 0.05) is 34.1 Å². The molecule has 8 aromatic carbocycles. The van der Waals surface area contributed by atoms with Crippen molar-refractivity contribution in [2.24, 2.45) is 0 Å². The van der Waals surface area contributed by atoms with E-state index in [1.165, 1.54) is 0 Å². The highest BCUT2D eigenvalue weighted by atomic mass is 16.3. The van der Waals surface area contributed by atoms with Crippen LogP contribution in [0.3, 0.4) is 0 Å². The van der Waals surface area contributed by atoms with Crippen LogP contribution in [0.1, 0.15) is 106 Å². The van der Waals surface area contributed by atoms with E-state index < -0.39 is 0 Å². The monoisotopic (exact) mass is 892 g/mol. The van der Waals surface area contributed by atoms with Crippen LogP contribution >= 0.6 is 0 Å². The molecule has 8 rings (SSSR count). The third-order valence-corrected chi connectivity index (χ3v) is 13.1. The summed E-state index contributed by atoms with van der Waals surface area (Å²) in [5.41, 5.74) is 11.9. The lowest BCUT2D eigenvalue weighted by Crippen LogP contribution is -2.05. The molecule has 0 saturated carbocycles. The highest BCUT2D eigenvalue weighted by molar-refractivity contribution is 5.79. The molecule has 0 amide bonds. The molecule has 8 nitrogen and oxygen atoms in total. The number of aromatic hydroxyl groups is 8. The van der Waals surface area contributed by atoms with E-state index in [4.69, 9.17) is 0 Å². The Balaban J connectivity index is 1.17. The second kappa shape index (κ2) is 19.3. The van der Waals surface area contributed by atoms with Crippen molar-refractivity contribution in [2.75, 3.05) is 0 Å². The fourth-order valence-corrected chi connectivity index (χ4v) is 9.38. The lowest BCUT2D eigenvalue weighted by Gasteiger charge is -2.22. The van der Waals surface area contributed by atoms with Gasteiger partial charge in [-0.3, -0.25) is 0 Å². The first-order valence-corrected chi connectivity index (χ1v) is 22.9. The Hall–Kier alpha value is -7.84. The highest BCUT2D eigenvalue weighted by Gasteiger charge is 2.24. The molecule has 0 fully saturated rings. The van der Waals surface area contributed by atoms with Crippen LogP contribution in [0.4, 0.5) is 0 Å². The van der Waals surface area contributed by atoms with Crippen LogP contribution in [0.5, 0.6) is 46.0 Å². The molecule has 0 aliphatic carbocycles. The van der Waals surface area contributed by atoms with Gasteiger partial charge in [0.15, 0.2) is 0 Å². The van der Waals surface area contributed by atoms with Gasteiger partial charge in [-0.15, -0.1) is 0 Å². The molecule has 0 aromatic heterocycles. The maximum absolute atomic E-state index is 11.4. The Labute approximate surface area is 391 Å². The van der Waals surface area contributed by atoms with E-state index in [0.717, 1.165) is 66.8 Å². The fraction of sp³-hybridized carbons (Fsp3) is 0.186. The summed E-state index contributed by atoms with van der Waals surface area (Å²) in [6.45, 7) is 7.94. The van der Waals surface area contributed by atoms with Gasteiger partial charge < -0.3 is 40.9 Å². The SMILES string of the molecule is CCc1cc(C(c2ccc(O)c(CC)c2)c2ccc(O)c(-c3cc(Cc4ccc(O)c(-c5cc(C(c6ccc(O)c(CC)c6)c6ccc(O)c(CC)c6)ccc5O)c4)ccc3O)c2)ccc1O. The number of aryl methyl sites for hydroxylation is 4. The lowest BCUT2D eigenvalue weighted by atomic mass is 9.82. The molecule has 0 aliphatic heterocycles. The average molecular weight is 893 g/mol. The third-order valence-electron chi connectivity index (χ3n) is 13.1. The van der Waals surface area contributed by atoms with E-state index in [0.29, 0.717) is 54.4 Å². The van der Waals surface area contributed by atoms with Crippen LogP contribution in [0.25, 0.3) is 22.3 Å². The maximum atomic E-state index is 11.4. The summed E-state index contributed by atoms with van der Waals surface area (Å²) in [4.78, 5) is 0. The minimum absolute atomic E-state index is 0.0214. The van der Waals surface area contributed by atoms with E-state index in [9.17, 15) is 40.9 Å². The molecule has 67 heavy (non-hydrogen) atoms. The molecule has 0 atom stereocenters. The van der Waals surface area contributed by atoms with E-state index >= 15 is 0 Å². The summed E-state index contributed by atoms with van der Waals surface area (Å²) in [7, 11) is 0. The Morgan fingerprint density at radius 2 is 0.493 bits per heavy atom. The molecule has 0 unspecified atom stereocenters.